The van der Waals surface area contributed by atoms with Crippen LogP contribution in [0.15, 0.2) is 59.1 Å². The third-order valence-electron chi connectivity index (χ3n) is 4.04. The maximum absolute atomic E-state index is 6.39. The van der Waals surface area contributed by atoms with Gasteiger partial charge in [-0.1, -0.05) is 68.9 Å². The monoisotopic (exact) mass is 483 g/mol. The summed E-state index contributed by atoms with van der Waals surface area (Å²) in [6, 6.07) is 17.3. The number of anilines is 1. The predicted octanol–water partition coefficient (Wildman–Crippen LogP) is 7.91. The van der Waals surface area contributed by atoms with Gasteiger partial charge >= 0.3 is 0 Å². The van der Waals surface area contributed by atoms with Crippen molar-refractivity contribution in [2.24, 2.45) is 0 Å². The molecule has 0 bridgehead atoms. The minimum Gasteiger partial charge on any atom is -0.487 e. The lowest BCUT2D eigenvalue weighted by molar-refractivity contribution is 0.303. The zero-order chi connectivity index (χ0) is 19.4. The van der Waals surface area contributed by atoms with Crippen molar-refractivity contribution in [1.82, 2.24) is 0 Å². The number of nitrogens with one attached hydrogen (secondary N) is 1. The lowest BCUT2D eigenvalue weighted by Gasteiger charge is -2.15. The lowest BCUT2D eigenvalue weighted by Crippen LogP contribution is -2.04. The van der Waals surface area contributed by atoms with E-state index in [0.29, 0.717) is 28.9 Å². The van der Waals surface area contributed by atoms with Crippen molar-refractivity contribution in [2.75, 3.05) is 5.32 Å². The van der Waals surface area contributed by atoms with E-state index < -0.39 is 0 Å². The van der Waals surface area contributed by atoms with Gasteiger partial charge in [-0.15, -0.1) is 0 Å². The number of ether oxygens (including phenoxy) is 1. The van der Waals surface area contributed by atoms with Crippen LogP contribution < -0.4 is 10.1 Å². The van der Waals surface area contributed by atoms with Gasteiger partial charge in [0.15, 0.2) is 0 Å². The van der Waals surface area contributed by atoms with Crippen molar-refractivity contribution >= 4 is 56.4 Å². The SMILES string of the molecule is Cc1ccc(NCc2cc(Cl)cc(Cl)c2OCc2ccc(Br)cc2)cc1Cl. The molecule has 0 spiro atoms. The fraction of sp³-hybridized carbons (Fsp3) is 0.143. The normalized spacial score (nSPS) is 10.7. The van der Waals surface area contributed by atoms with E-state index in [0.717, 1.165) is 31.9 Å². The highest BCUT2D eigenvalue weighted by Gasteiger charge is 2.12. The standard InChI is InChI=1S/C21H17BrCl3NO/c1-13-2-7-18(10-19(13)24)26-11-15-8-17(23)9-20(25)21(15)27-12-14-3-5-16(22)6-4-14/h2-10,26H,11-12H2,1H3. The van der Waals surface area contributed by atoms with E-state index in [2.05, 4.69) is 21.2 Å². The van der Waals surface area contributed by atoms with Crippen LogP contribution in [0, 0.1) is 6.92 Å². The second-order valence-electron chi connectivity index (χ2n) is 6.11. The zero-order valence-electron chi connectivity index (χ0n) is 14.5. The Morgan fingerprint density at radius 3 is 2.37 bits per heavy atom. The quantitative estimate of drug-likeness (QED) is 0.383. The molecule has 0 unspecified atom stereocenters. The summed E-state index contributed by atoms with van der Waals surface area (Å²) in [5.41, 5.74) is 3.88. The molecule has 0 amide bonds. The van der Waals surface area contributed by atoms with Crippen LogP contribution in [-0.4, -0.2) is 0 Å². The van der Waals surface area contributed by atoms with Crippen LogP contribution in [0.2, 0.25) is 15.1 Å². The minimum atomic E-state index is 0.415. The van der Waals surface area contributed by atoms with E-state index in [4.69, 9.17) is 39.5 Å². The van der Waals surface area contributed by atoms with Gasteiger partial charge in [-0.2, -0.15) is 0 Å². The highest BCUT2D eigenvalue weighted by Crippen LogP contribution is 2.34. The smallest absolute Gasteiger partial charge is 0.143 e. The maximum atomic E-state index is 6.39. The molecule has 140 valence electrons. The van der Waals surface area contributed by atoms with E-state index >= 15 is 0 Å². The third-order valence-corrected chi connectivity index (χ3v) is 5.47. The van der Waals surface area contributed by atoms with Gasteiger partial charge in [0.1, 0.15) is 12.4 Å². The average molecular weight is 486 g/mol. The van der Waals surface area contributed by atoms with Gasteiger partial charge in [-0.3, -0.25) is 0 Å². The van der Waals surface area contributed by atoms with E-state index in [9.17, 15) is 0 Å². The second-order valence-corrected chi connectivity index (χ2v) is 8.28. The van der Waals surface area contributed by atoms with Crippen LogP contribution in [0.25, 0.3) is 0 Å². The number of rotatable bonds is 6. The van der Waals surface area contributed by atoms with Gasteiger partial charge in [0.25, 0.3) is 0 Å². The van der Waals surface area contributed by atoms with Gasteiger partial charge < -0.3 is 10.1 Å². The molecule has 0 heterocycles. The van der Waals surface area contributed by atoms with Gasteiger partial charge in [-0.25, -0.2) is 0 Å². The Balaban J connectivity index is 1.77. The van der Waals surface area contributed by atoms with Crippen molar-refractivity contribution in [3.63, 3.8) is 0 Å². The van der Waals surface area contributed by atoms with Crippen molar-refractivity contribution in [3.8, 4) is 5.75 Å². The number of aryl methyl sites for hydroxylation is 1. The van der Waals surface area contributed by atoms with Gasteiger partial charge in [-0.05, 0) is 54.4 Å². The van der Waals surface area contributed by atoms with E-state index in [1.807, 2.05) is 55.5 Å². The van der Waals surface area contributed by atoms with E-state index in [1.165, 1.54) is 0 Å². The Morgan fingerprint density at radius 1 is 0.926 bits per heavy atom. The summed E-state index contributed by atoms with van der Waals surface area (Å²) in [6.07, 6.45) is 0. The summed E-state index contributed by atoms with van der Waals surface area (Å²) in [7, 11) is 0. The zero-order valence-corrected chi connectivity index (χ0v) is 18.4. The molecule has 0 saturated carbocycles. The minimum absolute atomic E-state index is 0.415. The van der Waals surface area contributed by atoms with Gasteiger partial charge in [0.2, 0.25) is 0 Å². The molecule has 6 heteroatoms. The second kappa shape index (κ2) is 9.20. The highest BCUT2D eigenvalue weighted by atomic mass is 79.9. The van der Waals surface area contributed by atoms with Crippen LogP contribution in [0.4, 0.5) is 5.69 Å². The summed E-state index contributed by atoms with van der Waals surface area (Å²) in [4.78, 5) is 0. The molecule has 3 aromatic rings. The summed E-state index contributed by atoms with van der Waals surface area (Å²) in [5, 5.41) is 5.11. The summed E-state index contributed by atoms with van der Waals surface area (Å²) >= 11 is 22.2. The fourth-order valence-electron chi connectivity index (χ4n) is 2.54. The van der Waals surface area contributed by atoms with Crippen molar-refractivity contribution in [3.05, 3.63) is 90.8 Å². The van der Waals surface area contributed by atoms with Crippen LogP contribution in [0.5, 0.6) is 5.75 Å². The molecular formula is C21H17BrCl3NO. The van der Waals surface area contributed by atoms with Gasteiger partial charge in [0, 0.05) is 32.3 Å². The molecule has 1 N–H and O–H groups in total. The number of halogens is 4. The molecule has 2 nitrogen and oxygen atoms in total. The Morgan fingerprint density at radius 2 is 1.67 bits per heavy atom. The van der Waals surface area contributed by atoms with Crippen LogP contribution in [-0.2, 0) is 13.2 Å². The number of benzene rings is 3. The lowest BCUT2D eigenvalue weighted by atomic mass is 10.1. The molecule has 27 heavy (non-hydrogen) atoms. The van der Waals surface area contributed by atoms with Crippen molar-refractivity contribution < 1.29 is 4.74 Å². The van der Waals surface area contributed by atoms with E-state index in [1.54, 1.807) is 6.07 Å². The summed E-state index contributed by atoms with van der Waals surface area (Å²) < 4.78 is 7.03. The Kier molecular flexibility index (Phi) is 6.93. The van der Waals surface area contributed by atoms with Gasteiger partial charge in [0.05, 0.1) is 5.02 Å². The Hall–Kier alpha value is -1.39. The van der Waals surface area contributed by atoms with Crippen molar-refractivity contribution in [2.45, 2.75) is 20.1 Å². The molecule has 3 aromatic carbocycles. The Labute approximate surface area is 182 Å². The fourth-order valence-corrected chi connectivity index (χ4v) is 3.58. The number of hydrogen-bond donors (Lipinski definition) is 1. The molecule has 0 saturated heterocycles. The molecule has 0 aromatic heterocycles. The average Bonchev–Trinajstić information content (AvgIpc) is 2.63. The van der Waals surface area contributed by atoms with E-state index in [-0.39, 0.29) is 0 Å². The Bertz CT molecular complexity index is 945. The topological polar surface area (TPSA) is 21.3 Å². The number of hydrogen-bond acceptors (Lipinski definition) is 2. The summed E-state index contributed by atoms with van der Waals surface area (Å²) in [5.74, 6) is 0.620. The first-order valence-corrected chi connectivity index (χ1v) is 10.2. The first-order chi connectivity index (χ1) is 12.9. The van der Waals surface area contributed by atoms with Crippen molar-refractivity contribution in [1.29, 1.82) is 0 Å². The summed E-state index contributed by atoms with van der Waals surface area (Å²) in [6.45, 7) is 2.89. The molecular weight excluding hydrogens is 469 g/mol. The highest BCUT2D eigenvalue weighted by molar-refractivity contribution is 9.10. The molecule has 0 radical (unpaired) electrons. The third kappa shape index (κ3) is 5.55. The van der Waals surface area contributed by atoms with Crippen LogP contribution in [0.1, 0.15) is 16.7 Å². The first kappa shape index (κ1) is 20.3. The molecule has 0 aliphatic heterocycles. The largest absolute Gasteiger partial charge is 0.487 e. The van der Waals surface area contributed by atoms with Crippen LogP contribution in [0.3, 0.4) is 0 Å². The maximum Gasteiger partial charge on any atom is 0.143 e. The molecule has 3 rings (SSSR count). The first-order valence-electron chi connectivity index (χ1n) is 8.27. The molecule has 0 aliphatic rings. The van der Waals surface area contributed by atoms with Crippen LogP contribution >= 0.6 is 50.7 Å². The predicted molar refractivity (Wildman–Crippen MR) is 118 cm³/mol. The molecule has 0 aliphatic carbocycles. The molecule has 0 atom stereocenters. The molecule has 0 fully saturated rings.